The predicted molar refractivity (Wildman–Crippen MR) is 87.3 cm³/mol. The van der Waals surface area contributed by atoms with Crippen molar-refractivity contribution in [1.82, 2.24) is 0 Å². The SMILES string of the molecule is COc1ccc(/C=C/C(=O)Oc2ccc([N+](=O)[O-])cc2)cc1OC. The minimum atomic E-state index is -0.598. The van der Waals surface area contributed by atoms with Gasteiger partial charge in [0, 0.05) is 18.2 Å². The van der Waals surface area contributed by atoms with Gasteiger partial charge in [0.2, 0.25) is 0 Å². The summed E-state index contributed by atoms with van der Waals surface area (Å²) in [6, 6.07) is 10.5. The molecule has 0 N–H and O–H groups in total. The molecule has 0 saturated carbocycles. The third-order valence-corrected chi connectivity index (χ3v) is 3.09. The maximum atomic E-state index is 11.8. The van der Waals surface area contributed by atoms with Gasteiger partial charge in [-0.3, -0.25) is 10.1 Å². The van der Waals surface area contributed by atoms with E-state index in [2.05, 4.69) is 0 Å². The van der Waals surface area contributed by atoms with Gasteiger partial charge in [0.05, 0.1) is 19.1 Å². The van der Waals surface area contributed by atoms with Crippen LogP contribution in [-0.2, 0) is 4.79 Å². The molecule has 0 spiro atoms. The highest BCUT2D eigenvalue weighted by Crippen LogP contribution is 2.28. The van der Waals surface area contributed by atoms with Crippen LogP contribution in [0.5, 0.6) is 17.2 Å². The van der Waals surface area contributed by atoms with Crippen molar-refractivity contribution in [2.75, 3.05) is 14.2 Å². The highest BCUT2D eigenvalue weighted by molar-refractivity contribution is 5.88. The van der Waals surface area contributed by atoms with E-state index in [-0.39, 0.29) is 11.4 Å². The molecule has 0 amide bonds. The first-order valence-electron chi connectivity index (χ1n) is 6.90. The molecule has 0 aliphatic rings. The second-order valence-corrected chi connectivity index (χ2v) is 4.62. The normalized spacial score (nSPS) is 10.4. The monoisotopic (exact) mass is 329 g/mol. The van der Waals surface area contributed by atoms with Gasteiger partial charge in [-0.05, 0) is 35.9 Å². The molecule has 0 saturated heterocycles. The van der Waals surface area contributed by atoms with Crippen LogP contribution in [0.1, 0.15) is 5.56 Å². The molecule has 0 fully saturated rings. The first-order chi connectivity index (χ1) is 11.5. The van der Waals surface area contributed by atoms with Gasteiger partial charge >= 0.3 is 5.97 Å². The van der Waals surface area contributed by atoms with E-state index in [1.807, 2.05) is 0 Å². The topological polar surface area (TPSA) is 87.9 Å². The molecule has 0 aliphatic carbocycles. The van der Waals surface area contributed by atoms with Crippen molar-refractivity contribution >= 4 is 17.7 Å². The van der Waals surface area contributed by atoms with Crippen LogP contribution < -0.4 is 14.2 Å². The molecule has 2 aromatic rings. The number of nitro benzene ring substituents is 1. The number of nitro groups is 1. The Hall–Kier alpha value is -3.35. The first-order valence-corrected chi connectivity index (χ1v) is 6.90. The maximum absolute atomic E-state index is 11.8. The smallest absolute Gasteiger partial charge is 0.336 e. The summed E-state index contributed by atoms with van der Waals surface area (Å²) < 4.78 is 15.4. The number of esters is 1. The molecule has 124 valence electrons. The van der Waals surface area contributed by atoms with Gasteiger partial charge in [-0.25, -0.2) is 4.79 Å². The van der Waals surface area contributed by atoms with Gasteiger partial charge in [-0.15, -0.1) is 0 Å². The second kappa shape index (κ2) is 7.77. The van der Waals surface area contributed by atoms with E-state index >= 15 is 0 Å². The Bertz CT molecular complexity index is 767. The largest absolute Gasteiger partial charge is 0.493 e. The minimum absolute atomic E-state index is 0.0735. The first kappa shape index (κ1) is 17.0. The number of ether oxygens (including phenoxy) is 3. The van der Waals surface area contributed by atoms with Crippen LogP contribution in [0, 0.1) is 10.1 Å². The zero-order valence-corrected chi connectivity index (χ0v) is 13.1. The molecule has 0 radical (unpaired) electrons. The summed E-state index contributed by atoms with van der Waals surface area (Å²) in [5.74, 6) is 0.757. The van der Waals surface area contributed by atoms with E-state index < -0.39 is 10.9 Å². The van der Waals surface area contributed by atoms with Crippen LogP contribution in [-0.4, -0.2) is 25.1 Å². The van der Waals surface area contributed by atoms with E-state index in [9.17, 15) is 14.9 Å². The van der Waals surface area contributed by atoms with Crippen molar-refractivity contribution in [2.24, 2.45) is 0 Å². The highest BCUT2D eigenvalue weighted by atomic mass is 16.6. The average molecular weight is 329 g/mol. The standard InChI is InChI=1S/C17H15NO6/c1-22-15-9-3-12(11-16(15)23-2)4-10-17(19)24-14-7-5-13(6-8-14)18(20)21/h3-11H,1-2H3/b10-4+. The fraction of sp³-hybridized carbons (Fsp3) is 0.118. The van der Waals surface area contributed by atoms with Crippen molar-refractivity contribution in [3.05, 3.63) is 64.2 Å². The molecular formula is C17H15NO6. The predicted octanol–water partition coefficient (Wildman–Crippen LogP) is 3.23. The number of carbonyl (C=O) groups excluding carboxylic acids is 1. The second-order valence-electron chi connectivity index (χ2n) is 4.62. The number of carbonyl (C=O) groups is 1. The average Bonchev–Trinajstić information content (AvgIpc) is 2.60. The number of methoxy groups -OCH3 is 2. The zero-order chi connectivity index (χ0) is 17.5. The van der Waals surface area contributed by atoms with Crippen LogP contribution >= 0.6 is 0 Å². The quantitative estimate of drug-likeness (QED) is 0.266. The molecule has 0 heterocycles. The molecule has 0 aromatic heterocycles. The summed E-state index contributed by atoms with van der Waals surface area (Å²) in [6.07, 6.45) is 2.82. The zero-order valence-electron chi connectivity index (χ0n) is 13.1. The summed E-state index contributed by atoms with van der Waals surface area (Å²) in [7, 11) is 3.06. The highest BCUT2D eigenvalue weighted by Gasteiger charge is 2.07. The van der Waals surface area contributed by atoms with Crippen LogP contribution in [0.15, 0.2) is 48.5 Å². The van der Waals surface area contributed by atoms with E-state index in [1.54, 1.807) is 24.3 Å². The lowest BCUT2D eigenvalue weighted by molar-refractivity contribution is -0.384. The van der Waals surface area contributed by atoms with Crippen LogP contribution in [0.4, 0.5) is 5.69 Å². The molecule has 0 unspecified atom stereocenters. The van der Waals surface area contributed by atoms with Gasteiger partial charge < -0.3 is 14.2 Å². The van der Waals surface area contributed by atoms with Gasteiger partial charge in [-0.1, -0.05) is 6.07 Å². The Morgan fingerprint density at radius 3 is 2.29 bits per heavy atom. The number of non-ortho nitro benzene ring substituents is 1. The van der Waals surface area contributed by atoms with Gasteiger partial charge in [-0.2, -0.15) is 0 Å². The van der Waals surface area contributed by atoms with Crippen molar-refractivity contribution in [3.8, 4) is 17.2 Å². The fourth-order valence-electron chi connectivity index (χ4n) is 1.91. The number of benzene rings is 2. The van der Waals surface area contributed by atoms with Crippen LogP contribution in [0.3, 0.4) is 0 Å². The van der Waals surface area contributed by atoms with Crippen molar-refractivity contribution < 1.29 is 23.9 Å². The third-order valence-electron chi connectivity index (χ3n) is 3.09. The summed E-state index contributed by atoms with van der Waals surface area (Å²) in [5, 5.41) is 10.6. The lowest BCUT2D eigenvalue weighted by Crippen LogP contribution is -2.03. The number of nitrogens with zero attached hydrogens (tertiary/aromatic N) is 1. The van der Waals surface area contributed by atoms with Gasteiger partial charge in [0.1, 0.15) is 5.75 Å². The van der Waals surface area contributed by atoms with Crippen molar-refractivity contribution in [1.29, 1.82) is 0 Å². The molecular weight excluding hydrogens is 314 g/mol. The summed E-state index contributed by atoms with van der Waals surface area (Å²) in [6.45, 7) is 0. The number of hydrogen-bond acceptors (Lipinski definition) is 6. The lowest BCUT2D eigenvalue weighted by Gasteiger charge is -2.07. The summed E-state index contributed by atoms with van der Waals surface area (Å²) in [4.78, 5) is 21.8. The van der Waals surface area contributed by atoms with Crippen LogP contribution in [0.25, 0.3) is 6.08 Å². The molecule has 0 aliphatic heterocycles. The molecule has 2 aromatic carbocycles. The van der Waals surface area contributed by atoms with Gasteiger partial charge in [0.15, 0.2) is 11.5 Å². The number of hydrogen-bond donors (Lipinski definition) is 0. The molecule has 7 nitrogen and oxygen atoms in total. The Morgan fingerprint density at radius 2 is 1.71 bits per heavy atom. The Kier molecular flexibility index (Phi) is 5.51. The fourth-order valence-corrected chi connectivity index (χ4v) is 1.91. The van der Waals surface area contributed by atoms with E-state index in [4.69, 9.17) is 14.2 Å². The van der Waals surface area contributed by atoms with E-state index in [0.29, 0.717) is 11.5 Å². The third kappa shape index (κ3) is 4.33. The maximum Gasteiger partial charge on any atom is 0.336 e. The lowest BCUT2D eigenvalue weighted by atomic mass is 10.2. The summed E-state index contributed by atoms with van der Waals surface area (Å²) in [5.41, 5.74) is 0.656. The van der Waals surface area contributed by atoms with Crippen molar-refractivity contribution in [2.45, 2.75) is 0 Å². The molecule has 7 heteroatoms. The Labute approximate surface area is 138 Å². The number of rotatable bonds is 6. The molecule has 0 bridgehead atoms. The Balaban J connectivity index is 2.03. The molecule has 2 rings (SSSR count). The van der Waals surface area contributed by atoms with Crippen molar-refractivity contribution in [3.63, 3.8) is 0 Å². The van der Waals surface area contributed by atoms with Crippen LogP contribution in [0.2, 0.25) is 0 Å². The van der Waals surface area contributed by atoms with Gasteiger partial charge in [0.25, 0.3) is 5.69 Å². The summed E-state index contributed by atoms with van der Waals surface area (Å²) >= 11 is 0. The van der Waals surface area contributed by atoms with E-state index in [1.165, 1.54) is 44.6 Å². The molecule has 24 heavy (non-hydrogen) atoms. The Morgan fingerprint density at radius 1 is 1.04 bits per heavy atom. The molecule has 0 atom stereocenters. The van der Waals surface area contributed by atoms with E-state index in [0.717, 1.165) is 5.56 Å². The minimum Gasteiger partial charge on any atom is -0.493 e.